The van der Waals surface area contributed by atoms with Gasteiger partial charge in [-0.3, -0.25) is 0 Å². The lowest BCUT2D eigenvalue weighted by molar-refractivity contribution is 0.404. The van der Waals surface area contributed by atoms with Crippen LogP contribution in [0.3, 0.4) is 0 Å². The molecule has 0 unspecified atom stereocenters. The Balaban J connectivity index is 1.72. The van der Waals surface area contributed by atoms with E-state index in [4.69, 9.17) is 4.42 Å². The Morgan fingerprint density at radius 2 is 2.38 bits per heavy atom. The van der Waals surface area contributed by atoms with Crippen molar-refractivity contribution >= 4 is 11.8 Å². The van der Waals surface area contributed by atoms with Crippen molar-refractivity contribution in [3.63, 3.8) is 0 Å². The topological polar surface area (TPSA) is 38.1 Å². The first-order valence-corrected chi connectivity index (χ1v) is 5.67. The van der Waals surface area contributed by atoms with Crippen LogP contribution in [0.1, 0.15) is 12.8 Å². The van der Waals surface area contributed by atoms with E-state index in [1.807, 2.05) is 0 Å². The molecule has 3 nitrogen and oxygen atoms in total. The highest BCUT2D eigenvalue weighted by Crippen LogP contribution is 2.22. The van der Waals surface area contributed by atoms with Crippen molar-refractivity contribution in [1.82, 2.24) is 10.3 Å². The van der Waals surface area contributed by atoms with Gasteiger partial charge in [0.1, 0.15) is 6.26 Å². The number of oxazole rings is 1. The molecule has 1 aliphatic heterocycles. The van der Waals surface area contributed by atoms with Crippen molar-refractivity contribution in [3.8, 4) is 0 Å². The number of hydrogen-bond donors (Lipinski definition) is 1. The number of rotatable bonds is 3. The molecule has 0 saturated carbocycles. The van der Waals surface area contributed by atoms with E-state index in [1.54, 1.807) is 24.2 Å². The third-order valence-corrected chi connectivity index (χ3v) is 3.40. The normalized spacial score (nSPS) is 19.1. The predicted molar refractivity (Wildman–Crippen MR) is 52.8 cm³/mol. The SMILES string of the molecule is c1coc(SCC2CCNCC2)n1. The van der Waals surface area contributed by atoms with Crippen LogP contribution in [0.5, 0.6) is 0 Å². The standard InChI is InChI=1S/C9H14N2OS/c1-3-10-4-2-8(1)7-13-9-11-5-6-12-9/h5-6,8,10H,1-4,7H2. The Kier molecular flexibility index (Phi) is 3.27. The first-order valence-electron chi connectivity index (χ1n) is 4.68. The molecule has 4 heteroatoms. The fraction of sp³-hybridized carbons (Fsp3) is 0.667. The van der Waals surface area contributed by atoms with Gasteiger partial charge in [-0.2, -0.15) is 0 Å². The summed E-state index contributed by atoms with van der Waals surface area (Å²) in [5, 5.41) is 4.16. The lowest BCUT2D eigenvalue weighted by Crippen LogP contribution is -2.28. The lowest BCUT2D eigenvalue weighted by atomic mass is 10.0. The molecule has 2 heterocycles. The molecule has 0 aromatic carbocycles. The molecule has 1 aliphatic rings. The maximum Gasteiger partial charge on any atom is 0.255 e. The number of nitrogens with one attached hydrogen (secondary N) is 1. The van der Waals surface area contributed by atoms with Crippen LogP contribution in [0.4, 0.5) is 0 Å². The summed E-state index contributed by atoms with van der Waals surface area (Å²) < 4.78 is 5.16. The fourth-order valence-corrected chi connectivity index (χ4v) is 2.49. The Labute approximate surface area is 82.3 Å². The highest BCUT2D eigenvalue weighted by atomic mass is 32.2. The zero-order valence-corrected chi connectivity index (χ0v) is 8.35. The summed E-state index contributed by atoms with van der Waals surface area (Å²) in [7, 11) is 0. The molecule has 0 bridgehead atoms. The summed E-state index contributed by atoms with van der Waals surface area (Å²) >= 11 is 1.73. The van der Waals surface area contributed by atoms with Gasteiger partial charge in [0.05, 0.1) is 6.20 Å². The van der Waals surface area contributed by atoms with Crippen LogP contribution in [-0.2, 0) is 0 Å². The molecular weight excluding hydrogens is 184 g/mol. The van der Waals surface area contributed by atoms with Gasteiger partial charge in [0, 0.05) is 5.75 Å². The smallest absolute Gasteiger partial charge is 0.255 e. The van der Waals surface area contributed by atoms with Gasteiger partial charge in [-0.05, 0) is 31.8 Å². The highest BCUT2D eigenvalue weighted by molar-refractivity contribution is 7.99. The number of hydrogen-bond acceptors (Lipinski definition) is 4. The molecule has 0 aliphatic carbocycles. The van der Waals surface area contributed by atoms with Gasteiger partial charge in [-0.15, -0.1) is 0 Å². The van der Waals surface area contributed by atoms with Gasteiger partial charge in [0.2, 0.25) is 0 Å². The van der Waals surface area contributed by atoms with Crippen LogP contribution in [0.25, 0.3) is 0 Å². The average Bonchev–Trinajstić information content (AvgIpc) is 2.69. The monoisotopic (exact) mass is 198 g/mol. The molecular formula is C9H14N2OS. The Hall–Kier alpha value is -0.480. The molecule has 0 atom stereocenters. The van der Waals surface area contributed by atoms with Crippen LogP contribution in [-0.4, -0.2) is 23.8 Å². The first-order chi connectivity index (χ1) is 6.45. The number of thioether (sulfide) groups is 1. The van der Waals surface area contributed by atoms with Gasteiger partial charge < -0.3 is 9.73 Å². The molecule has 13 heavy (non-hydrogen) atoms. The van der Waals surface area contributed by atoms with Crippen molar-refractivity contribution in [2.75, 3.05) is 18.8 Å². The molecule has 0 amide bonds. The second-order valence-corrected chi connectivity index (χ2v) is 4.27. The van der Waals surface area contributed by atoms with E-state index in [2.05, 4.69) is 10.3 Å². The summed E-state index contributed by atoms with van der Waals surface area (Å²) in [6.07, 6.45) is 5.90. The third-order valence-electron chi connectivity index (χ3n) is 2.31. The molecule has 1 fully saturated rings. The molecule has 1 aromatic heterocycles. The van der Waals surface area contributed by atoms with Crippen LogP contribution in [0, 0.1) is 5.92 Å². The number of aromatic nitrogens is 1. The summed E-state index contributed by atoms with van der Waals surface area (Å²) in [5.74, 6) is 1.97. The lowest BCUT2D eigenvalue weighted by Gasteiger charge is -2.21. The first kappa shape index (κ1) is 9.09. The predicted octanol–water partition coefficient (Wildman–Crippen LogP) is 1.77. The maximum atomic E-state index is 5.16. The largest absolute Gasteiger partial charge is 0.440 e. The minimum atomic E-state index is 0.804. The van der Waals surface area contributed by atoms with Gasteiger partial charge >= 0.3 is 0 Å². The molecule has 0 spiro atoms. The van der Waals surface area contributed by atoms with Crippen LogP contribution in [0.2, 0.25) is 0 Å². The van der Waals surface area contributed by atoms with Crippen molar-refractivity contribution in [3.05, 3.63) is 12.5 Å². The molecule has 0 radical (unpaired) electrons. The Morgan fingerprint density at radius 3 is 3.08 bits per heavy atom. The highest BCUT2D eigenvalue weighted by Gasteiger charge is 2.13. The van der Waals surface area contributed by atoms with Crippen molar-refractivity contribution < 1.29 is 4.42 Å². The second-order valence-electron chi connectivity index (χ2n) is 3.30. The molecule has 1 saturated heterocycles. The second kappa shape index (κ2) is 4.67. The van der Waals surface area contributed by atoms with Crippen LogP contribution >= 0.6 is 11.8 Å². The van der Waals surface area contributed by atoms with Crippen LogP contribution in [0.15, 0.2) is 22.1 Å². The van der Waals surface area contributed by atoms with Gasteiger partial charge in [-0.1, -0.05) is 11.8 Å². The van der Waals surface area contributed by atoms with E-state index in [-0.39, 0.29) is 0 Å². The molecule has 2 rings (SSSR count). The van der Waals surface area contributed by atoms with E-state index in [0.29, 0.717) is 0 Å². The minimum Gasteiger partial charge on any atom is -0.440 e. The van der Waals surface area contributed by atoms with Crippen molar-refractivity contribution in [2.24, 2.45) is 5.92 Å². The quantitative estimate of drug-likeness (QED) is 0.751. The summed E-state index contributed by atoms with van der Waals surface area (Å²) in [6.45, 7) is 2.33. The number of nitrogens with zero attached hydrogens (tertiary/aromatic N) is 1. The summed E-state index contributed by atoms with van der Waals surface area (Å²) in [5.41, 5.74) is 0. The summed E-state index contributed by atoms with van der Waals surface area (Å²) in [6, 6.07) is 0. The zero-order chi connectivity index (χ0) is 8.93. The van der Waals surface area contributed by atoms with Crippen molar-refractivity contribution in [1.29, 1.82) is 0 Å². The van der Waals surface area contributed by atoms with Gasteiger partial charge in [-0.25, -0.2) is 4.98 Å². The molecule has 1 aromatic rings. The fourth-order valence-electron chi connectivity index (χ4n) is 1.52. The maximum absolute atomic E-state index is 5.16. The number of piperidine rings is 1. The van der Waals surface area contributed by atoms with E-state index in [0.717, 1.165) is 30.0 Å². The van der Waals surface area contributed by atoms with Gasteiger partial charge in [0.25, 0.3) is 5.22 Å². The summed E-state index contributed by atoms with van der Waals surface area (Å²) in [4.78, 5) is 4.08. The zero-order valence-electron chi connectivity index (χ0n) is 7.53. The third kappa shape index (κ3) is 2.74. The molecule has 72 valence electrons. The Morgan fingerprint density at radius 1 is 1.54 bits per heavy atom. The van der Waals surface area contributed by atoms with Crippen LogP contribution < -0.4 is 5.32 Å². The van der Waals surface area contributed by atoms with E-state index < -0.39 is 0 Å². The van der Waals surface area contributed by atoms with E-state index in [9.17, 15) is 0 Å². The minimum absolute atomic E-state index is 0.804. The molecule has 1 N–H and O–H groups in total. The Bertz CT molecular complexity index is 232. The van der Waals surface area contributed by atoms with E-state index >= 15 is 0 Å². The van der Waals surface area contributed by atoms with Crippen molar-refractivity contribution in [2.45, 2.75) is 18.1 Å². The van der Waals surface area contributed by atoms with E-state index in [1.165, 1.54) is 12.8 Å². The van der Waals surface area contributed by atoms with Gasteiger partial charge in [0.15, 0.2) is 0 Å². The average molecular weight is 198 g/mol.